The van der Waals surface area contributed by atoms with Crippen LogP contribution in [0.25, 0.3) is 0 Å². The molecule has 0 saturated carbocycles. The number of fused-ring (bicyclic) bond motifs is 1. The smallest absolute Gasteiger partial charge is 0.255 e. The van der Waals surface area contributed by atoms with E-state index in [1.165, 1.54) is 4.90 Å². The Morgan fingerprint density at radius 1 is 1.24 bits per heavy atom. The highest BCUT2D eigenvalue weighted by Crippen LogP contribution is 2.29. The lowest BCUT2D eigenvalue weighted by atomic mass is 10.0. The fraction of sp³-hybridized carbons (Fsp3) is 0.286. The Balaban J connectivity index is 1.44. The van der Waals surface area contributed by atoms with Crippen LogP contribution in [-0.4, -0.2) is 39.6 Å². The molecule has 0 aliphatic carbocycles. The molecule has 4 rings (SSSR count). The highest BCUT2D eigenvalue weighted by Gasteiger charge is 2.39. The van der Waals surface area contributed by atoms with Crippen molar-refractivity contribution in [1.82, 2.24) is 15.2 Å². The molecule has 29 heavy (non-hydrogen) atoms. The fourth-order valence-corrected chi connectivity index (χ4v) is 3.65. The molecule has 2 aliphatic rings. The summed E-state index contributed by atoms with van der Waals surface area (Å²) in [7, 11) is 0. The first-order valence-electron chi connectivity index (χ1n) is 9.39. The van der Waals surface area contributed by atoms with Gasteiger partial charge >= 0.3 is 0 Å². The molecule has 2 aromatic rings. The third kappa shape index (κ3) is 3.87. The highest BCUT2D eigenvalue weighted by molar-refractivity contribution is 6.05. The zero-order valence-corrected chi connectivity index (χ0v) is 15.9. The Kier molecular flexibility index (Phi) is 4.84. The summed E-state index contributed by atoms with van der Waals surface area (Å²) in [5, 5.41) is 5.12. The topological polar surface area (TPSA) is 108 Å². The molecule has 8 heteroatoms. The summed E-state index contributed by atoms with van der Waals surface area (Å²) < 4.78 is 0. The number of hydrogen-bond donors (Lipinski definition) is 2. The summed E-state index contributed by atoms with van der Waals surface area (Å²) in [4.78, 5) is 54.1. The summed E-state index contributed by atoms with van der Waals surface area (Å²) in [6, 6.07) is 8.15. The quantitative estimate of drug-likeness (QED) is 0.763. The van der Waals surface area contributed by atoms with Crippen molar-refractivity contribution in [2.24, 2.45) is 0 Å². The average molecular weight is 392 g/mol. The molecule has 0 spiro atoms. The zero-order chi connectivity index (χ0) is 20.5. The number of imide groups is 1. The molecule has 148 valence electrons. The van der Waals surface area contributed by atoms with Crippen molar-refractivity contribution in [1.29, 1.82) is 0 Å². The maximum Gasteiger partial charge on any atom is 0.255 e. The number of nitrogens with zero attached hydrogens (tertiary/aromatic N) is 2. The molecule has 4 amide bonds. The van der Waals surface area contributed by atoms with Crippen LogP contribution < -0.4 is 10.6 Å². The lowest BCUT2D eigenvalue weighted by Crippen LogP contribution is -2.52. The Bertz CT molecular complexity index is 1020. The van der Waals surface area contributed by atoms with Gasteiger partial charge in [0.1, 0.15) is 6.04 Å². The van der Waals surface area contributed by atoms with Gasteiger partial charge in [0.05, 0.1) is 6.42 Å². The molecule has 1 aromatic heterocycles. The number of aryl methyl sites for hydroxylation is 1. The molecule has 2 aliphatic heterocycles. The van der Waals surface area contributed by atoms with E-state index in [-0.39, 0.29) is 37.1 Å². The molecule has 3 heterocycles. The maximum absolute atomic E-state index is 12.7. The van der Waals surface area contributed by atoms with Gasteiger partial charge in [-0.3, -0.25) is 29.5 Å². The summed E-state index contributed by atoms with van der Waals surface area (Å²) >= 11 is 0. The van der Waals surface area contributed by atoms with Gasteiger partial charge in [0.15, 0.2) is 0 Å². The third-order valence-electron chi connectivity index (χ3n) is 5.14. The number of aromatic nitrogens is 1. The number of piperidine rings is 1. The Morgan fingerprint density at radius 3 is 2.79 bits per heavy atom. The monoisotopic (exact) mass is 392 g/mol. The Hall–Kier alpha value is -3.55. The molecular formula is C21H20N4O4. The number of benzene rings is 1. The second kappa shape index (κ2) is 7.46. The number of pyridine rings is 1. The van der Waals surface area contributed by atoms with Crippen LogP contribution in [0.5, 0.6) is 0 Å². The number of rotatable bonds is 4. The second-order valence-corrected chi connectivity index (χ2v) is 7.30. The zero-order valence-electron chi connectivity index (χ0n) is 15.9. The molecule has 2 N–H and O–H groups in total. The van der Waals surface area contributed by atoms with E-state index in [0.717, 1.165) is 16.8 Å². The normalized spacial score (nSPS) is 18.4. The predicted octanol–water partition coefficient (Wildman–Crippen LogP) is 1.33. The first-order chi connectivity index (χ1) is 13.9. The van der Waals surface area contributed by atoms with E-state index < -0.39 is 11.9 Å². The number of amides is 4. The number of carbonyl (C=O) groups is 4. The molecule has 0 radical (unpaired) electrons. The predicted molar refractivity (Wildman–Crippen MR) is 104 cm³/mol. The van der Waals surface area contributed by atoms with E-state index in [1.807, 2.05) is 19.1 Å². The van der Waals surface area contributed by atoms with E-state index in [1.54, 1.807) is 24.4 Å². The van der Waals surface area contributed by atoms with Gasteiger partial charge in [-0.25, -0.2) is 0 Å². The van der Waals surface area contributed by atoms with Gasteiger partial charge in [-0.05, 0) is 48.7 Å². The molecule has 0 bridgehead atoms. The standard InChI is InChI=1S/C21H20N4O4/c1-12-2-3-13(10-22-12)8-19(27)23-15-4-5-16-14(9-15)11-25(21(16)29)17-6-7-18(26)24-20(17)28/h2-5,9-10,17H,6-8,11H2,1H3,(H,23,27)(H,24,26,28). The van der Waals surface area contributed by atoms with Gasteiger partial charge in [0.25, 0.3) is 5.91 Å². The van der Waals surface area contributed by atoms with Crippen LogP contribution in [0.1, 0.15) is 40.0 Å². The molecule has 1 atom stereocenters. The van der Waals surface area contributed by atoms with Gasteiger partial charge in [-0.1, -0.05) is 6.07 Å². The summed E-state index contributed by atoms with van der Waals surface area (Å²) in [5.74, 6) is -1.17. The van der Waals surface area contributed by atoms with E-state index in [9.17, 15) is 19.2 Å². The Labute approximate surface area is 167 Å². The van der Waals surface area contributed by atoms with E-state index in [4.69, 9.17) is 0 Å². The SMILES string of the molecule is Cc1ccc(CC(=O)Nc2ccc3c(c2)CN(C2CCC(=O)NC2=O)C3=O)cn1. The minimum atomic E-state index is -0.653. The fourth-order valence-electron chi connectivity index (χ4n) is 3.65. The van der Waals surface area contributed by atoms with Crippen LogP contribution >= 0.6 is 0 Å². The van der Waals surface area contributed by atoms with Crippen LogP contribution in [0, 0.1) is 6.92 Å². The number of nitrogens with one attached hydrogen (secondary N) is 2. The van der Waals surface area contributed by atoms with Crippen LogP contribution in [-0.2, 0) is 27.3 Å². The molecule has 1 fully saturated rings. The molecule has 1 aromatic carbocycles. The van der Waals surface area contributed by atoms with E-state index >= 15 is 0 Å². The number of hydrogen-bond acceptors (Lipinski definition) is 5. The van der Waals surface area contributed by atoms with Crippen molar-refractivity contribution >= 4 is 29.3 Å². The highest BCUT2D eigenvalue weighted by atomic mass is 16.2. The second-order valence-electron chi connectivity index (χ2n) is 7.30. The van der Waals surface area contributed by atoms with Gasteiger partial charge < -0.3 is 10.2 Å². The van der Waals surface area contributed by atoms with Crippen LogP contribution in [0.4, 0.5) is 5.69 Å². The van der Waals surface area contributed by atoms with Crippen molar-refractivity contribution in [3.05, 3.63) is 58.9 Å². The maximum atomic E-state index is 12.7. The van der Waals surface area contributed by atoms with Gasteiger partial charge in [-0.15, -0.1) is 0 Å². The largest absolute Gasteiger partial charge is 0.326 e. The van der Waals surface area contributed by atoms with Crippen LogP contribution in [0.15, 0.2) is 36.5 Å². The number of carbonyl (C=O) groups excluding carboxylic acids is 4. The van der Waals surface area contributed by atoms with Crippen molar-refractivity contribution in [2.75, 3.05) is 5.32 Å². The van der Waals surface area contributed by atoms with Crippen molar-refractivity contribution in [2.45, 2.75) is 38.8 Å². The first-order valence-corrected chi connectivity index (χ1v) is 9.39. The molecule has 8 nitrogen and oxygen atoms in total. The third-order valence-corrected chi connectivity index (χ3v) is 5.14. The van der Waals surface area contributed by atoms with E-state index in [2.05, 4.69) is 15.6 Å². The minimum absolute atomic E-state index is 0.179. The first kappa shape index (κ1) is 18.8. The lowest BCUT2D eigenvalue weighted by Gasteiger charge is -2.29. The van der Waals surface area contributed by atoms with Crippen LogP contribution in [0.3, 0.4) is 0 Å². The summed E-state index contributed by atoms with van der Waals surface area (Å²) in [5.41, 5.74) is 3.54. The minimum Gasteiger partial charge on any atom is -0.326 e. The van der Waals surface area contributed by atoms with Gasteiger partial charge in [-0.2, -0.15) is 0 Å². The van der Waals surface area contributed by atoms with Gasteiger partial charge in [0, 0.05) is 36.1 Å². The van der Waals surface area contributed by atoms with Crippen molar-refractivity contribution in [3.63, 3.8) is 0 Å². The molecular weight excluding hydrogens is 372 g/mol. The van der Waals surface area contributed by atoms with Crippen molar-refractivity contribution in [3.8, 4) is 0 Å². The lowest BCUT2D eigenvalue weighted by molar-refractivity contribution is -0.137. The van der Waals surface area contributed by atoms with E-state index in [0.29, 0.717) is 17.7 Å². The average Bonchev–Trinajstić information content (AvgIpc) is 2.99. The van der Waals surface area contributed by atoms with Gasteiger partial charge in [0.2, 0.25) is 17.7 Å². The Morgan fingerprint density at radius 2 is 2.07 bits per heavy atom. The summed E-state index contributed by atoms with van der Waals surface area (Å²) in [6.07, 6.45) is 2.41. The summed E-state index contributed by atoms with van der Waals surface area (Å²) in [6.45, 7) is 2.15. The molecule has 1 unspecified atom stereocenters. The number of anilines is 1. The molecule has 1 saturated heterocycles. The van der Waals surface area contributed by atoms with Crippen LogP contribution in [0.2, 0.25) is 0 Å². The van der Waals surface area contributed by atoms with Crippen molar-refractivity contribution < 1.29 is 19.2 Å².